The SMILES string of the molecule is CC(c1cccc2ccccc12)N(C(N)=O)C1CCC(Nc2cc(N(C)C)c3ccccc3n2)CC1. The van der Waals surface area contributed by atoms with Crippen molar-refractivity contribution in [2.75, 3.05) is 24.3 Å². The van der Waals surface area contributed by atoms with Gasteiger partial charge >= 0.3 is 6.03 Å². The van der Waals surface area contributed by atoms with Crippen LogP contribution in [0.25, 0.3) is 21.7 Å². The standard InChI is InChI=1S/C30H35N5O/c1-20(24-13-8-10-21-9-4-5-11-25(21)24)35(30(31)36)23-17-15-22(16-18-23)32-29-19-28(34(2)3)26-12-6-7-14-27(26)33-29/h4-14,19-20,22-23H,15-18H2,1-3H3,(H2,31,36)(H,32,33). The summed E-state index contributed by atoms with van der Waals surface area (Å²) in [6, 6.07) is 25.0. The zero-order valence-corrected chi connectivity index (χ0v) is 21.3. The van der Waals surface area contributed by atoms with Crippen LogP contribution in [-0.2, 0) is 0 Å². The summed E-state index contributed by atoms with van der Waals surface area (Å²) in [5, 5.41) is 7.17. The number of nitrogens with one attached hydrogen (secondary N) is 1. The molecule has 1 saturated carbocycles. The number of amides is 2. The fraction of sp³-hybridized carbons (Fsp3) is 0.333. The van der Waals surface area contributed by atoms with Gasteiger partial charge in [-0.05, 0) is 55.0 Å². The molecule has 3 N–H and O–H groups in total. The molecular weight excluding hydrogens is 446 g/mol. The van der Waals surface area contributed by atoms with Crippen LogP contribution in [0.4, 0.5) is 16.3 Å². The fourth-order valence-corrected chi connectivity index (χ4v) is 5.76. The van der Waals surface area contributed by atoms with Gasteiger partial charge in [0.05, 0.1) is 11.6 Å². The predicted octanol–water partition coefficient (Wildman–Crippen LogP) is 6.32. The van der Waals surface area contributed by atoms with E-state index in [9.17, 15) is 4.79 Å². The van der Waals surface area contributed by atoms with Gasteiger partial charge in [0, 0.05) is 43.3 Å². The third-order valence-electron chi connectivity index (χ3n) is 7.56. The number of aromatic nitrogens is 1. The van der Waals surface area contributed by atoms with Gasteiger partial charge in [0.15, 0.2) is 0 Å². The fourth-order valence-electron chi connectivity index (χ4n) is 5.76. The topological polar surface area (TPSA) is 74.5 Å². The van der Waals surface area contributed by atoms with Gasteiger partial charge in [-0.2, -0.15) is 0 Å². The molecule has 1 aromatic heterocycles. The molecule has 36 heavy (non-hydrogen) atoms. The van der Waals surface area contributed by atoms with E-state index < -0.39 is 0 Å². The lowest BCUT2D eigenvalue weighted by Crippen LogP contribution is -2.47. The molecule has 0 aliphatic heterocycles. The van der Waals surface area contributed by atoms with Crippen LogP contribution in [0.3, 0.4) is 0 Å². The minimum absolute atomic E-state index is 0.0899. The number of urea groups is 1. The first-order chi connectivity index (χ1) is 17.4. The van der Waals surface area contributed by atoms with Crippen molar-refractivity contribution in [1.82, 2.24) is 9.88 Å². The maximum absolute atomic E-state index is 12.7. The number of pyridine rings is 1. The highest BCUT2D eigenvalue weighted by Crippen LogP contribution is 2.35. The van der Waals surface area contributed by atoms with E-state index in [1.807, 2.05) is 23.1 Å². The Morgan fingerprint density at radius 2 is 1.61 bits per heavy atom. The second-order valence-corrected chi connectivity index (χ2v) is 10.1. The molecule has 2 amide bonds. The number of para-hydroxylation sites is 1. The minimum atomic E-state index is -0.348. The molecule has 3 aromatic carbocycles. The molecule has 1 aliphatic carbocycles. The van der Waals surface area contributed by atoms with Crippen molar-refractivity contribution in [2.24, 2.45) is 5.73 Å². The van der Waals surface area contributed by atoms with Crippen molar-refractivity contribution in [3.05, 3.63) is 78.4 Å². The first-order valence-corrected chi connectivity index (χ1v) is 12.8. The van der Waals surface area contributed by atoms with Crippen molar-refractivity contribution in [1.29, 1.82) is 0 Å². The molecule has 0 spiro atoms. The van der Waals surface area contributed by atoms with Crippen LogP contribution in [0.5, 0.6) is 0 Å². The van der Waals surface area contributed by atoms with Gasteiger partial charge in [0.2, 0.25) is 0 Å². The number of rotatable bonds is 6. The third-order valence-corrected chi connectivity index (χ3v) is 7.56. The Morgan fingerprint density at radius 3 is 2.33 bits per heavy atom. The van der Waals surface area contributed by atoms with Crippen molar-refractivity contribution in [3.8, 4) is 0 Å². The van der Waals surface area contributed by atoms with E-state index in [1.165, 1.54) is 10.8 Å². The van der Waals surface area contributed by atoms with E-state index in [4.69, 9.17) is 10.7 Å². The first-order valence-electron chi connectivity index (χ1n) is 12.8. The highest BCUT2D eigenvalue weighted by Gasteiger charge is 2.32. The van der Waals surface area contributed by atoms with Gasteiger partial charge < -0.3 is 20.9 Å². The monoisotopic (exact) mass is 481 g/mol. The maximum atomic E-state index is 12.7. The van der Waals surface area contributed by atoms with E-state index >= 15 is 0 Å². The summed E-state index contributed by atoms with van der Waals surface area (Å²) in [7, 11) is 4.12. The molecule has 6 heteroatoms. The van der Waals surface area contributed by atoms with Crippen molar-refractivity contribution < 1.29 is 4.79 Å². The molecule has 1 unspecified atom stereocenters. The predicted molar refractivity (Wildman–Crippen MR) is 150 cm³/mol. The summed E-state index contributed by atoms with van der Waals surface area (Å²) >= 11 is 0. The van der Waals surface area contributed by atoms with E-state index in [2.05, 4.69) is 85.8 Å². The highest BCUT2D eigenvalue weighted by atomic mass is 16.2. The van der Waals surface area contributed by atoms with E-state index in [1.54, 1.807) is 0 Å². The van der Waals surface area contributed by atoms with Crippen LogP contribution in [0.15, 0.2) is 72.8 Å². The average molecular weight is 482 g/mol. The van der Waals surface area contributed by atoms with Crippen LogP contribution in [0.1, 0.15) is 44.2 Å². The van der Waals surface area contributed by atoms with Crippen molar-refractivity contribution in [3.63, 3.8) is 0 Å². The Kier molecular flexibility index (Phi) is 6.68. The molecule has 1 fully saturated rings. The number of carbonyl (C=O) groups is 1. The Morgan fingerprint density at radius 1 is 0.944 bits per heavy atom. The van der Waals surface area contributed by atoms with E-state index in [0.29, 0.717) is 6.04 Å². The van der Waals surface area contributed by atoms with Crippen molar-refractivity contribution in [2.45, 2.75) is 50.7 Å². The number of nitrogens with two attached hydrogens (primary N) is 1. The Labute approximate surface area is 213 Å². The number of carbonyl (C=O) groups excluding carboxylic acids is 1. The molecule has 1 heterocycles. The second kappa shape index (κ2) is 10.1. The van der Waals surface area contributed by atoms with Crippen molar-refractivity contribution >= 4 is 39.2 Å². The quantitative estimate of drug-likeness (QED) is 0.338. The van der Waals surface area contributed by atoms with Crippen LogP contribution < -0.4 is 16.0 Å². The number of benzene rings is 3. The Hall–Kier alpha value is -3.80. The smallest absolute Gasteiger partial charge is 0.315 e. The average Bonchev–Trinajstić information content (AvgIpc) is 2.88. The molecule has 0 radical (unpaired) electrons. The lowest BCUT2D eigenvalue weighted by atomic mass is 9.88. The van der Waals surface area contributed by atoms with Crippen LogP contribution >= 0.6 is 0 Å². The van der Waals surface area contributed by atoms with Gasteiger partial charge in [-0.3, -0.25) is 0 Å². The second-order valence-electron chi connectivity index (χ2n) is 10.1. The molecular formula is C30H35N5O. The first kappa shape index (κ1) is 23.9. The van der Waals surface area contributed by atoms with E-state index in [0.717, 1.165) is 53.7 Å². The van der Waals surface area contributed by atoms with E-state index in [-0.39, 0.29) is 18.1 Å². The summed E-state index contributed by atoms with van der Waals surface area (Å²) in [5.41, 5.74) is 9.25. The molecule has 0 bridgehead atoms. The number of fused-ring (bicyclic) bond motifs is 2. The maximum Gasteiger partial charge on any atom is 0.315 e. The minimum Gasteiger partial charge on any atom is -0.377 e. The molecule has 0 saturated heterocycles. The number of hydrogen-bond donors (Lipinski definition) is 2. The third kappa shape index (κ3) is 4.68. The summed E-state index contributed by atoms with van der Waals surface area (Å²) in [4.78, 5) is 21.6. The molecule has 1 aliphatic rings. The lowest BCUT2D eigenvalue weighted by Gasteiger charge is -2.40. The highest BCUT2D eigenvalue weighted by molar-refractivity contribution is 5.93. The zero-order chi connectivity index (χ0) is 25.2. The number of anilines is 2. The summed E-state index contributed by atoms with van der Waals surface area (Å²) in [5.74, 6) is 0.900. The van der Waals surface area contributed by atoms with Gasteiger partial charge in [0.1, 0.15) is 5.82 Å². The van der Waals surface area contributed by atoms with Gasteiger partial charge in [0.25, 0.3) is 0 Å². The normalized spacial score (nSPS) is 18.6. The number of nitrogens with zero attached hydrogens (tertiary/aromatic N) is 3. The summed E-state index contributed by atoms with van der Waals surface area (Å²) in [6.45, 7) is 2.10. The summed E-state index contributed by atoms with van der Waals surface area (Å²) in [6.07, 6.45) is 3.73. The largest absolute Gasteiger partial charge is 0.377 e. The van der Waals surface area contributed by atoms with Crippen LogP contribution in [0.2, 0.25) is 0 Å². The lowest BCUT2D eigenvalue weighted by molar-refractivity contribution is 0.134. The van der Waals surface area contributed by atoms with Gasteiger partial charge in [-0.1, -0.05) is 60.7 Å². The zero-order valence-electron chi connectivity index (χ0n) is 21.3. The molecule has 186 valence electrons. The molecule has 6 nitrogen and oxygen atoms in total. The van der Waals surface area contributed by atoms with Gasteiger partial charge in [-0.25, -0.2) is 9.78 Å². The number of primary amides is 1. The van der Waals surface area contributed by atoms with Crippen LogP contribution in [-0.4, -0.2) is 42.1 Å². The Balaban J connectivity index is 1.31. The van der Waals surface area contributed by atoms with Gasteiger partial charge in [-0.15, -0.1) is 0 Å². The Bertz CT molecular complexity index is 1370. The molecule has 5 rings (SSSR count). The molecule has 1 atom stereocenters. The number of hydrogen-bond acceptors (Lipinski definition) is 4. The summed E-state index contributed by atoms with van der Waals surface area (Å²) < 4.78 is 0. The molecule has 4 aromatic rings. The van der Waals surface area contributed by atoms with Crippen LogP contribution in [0, 0.1) is 0 Å².